The van der Waals surface area contributed by atoms with Crippen molar-refractivity contribution in [3.63, 3.8) is 0 Å². The summed E-state index contributed by atoms with van der Waals surface area (Å²) in [7, 11) is 0. The zero-order valence-electron chi connectivity index (χ0n) is 12.4. The lowest BCUT2D eigenvalue weighted by atomic mass is 9.96. The molecule has 6 heteroatoms. The van der Waals surface area contributed by atoms with Crippen LogP contribution in [0, 0.1) is 0 Å². The molecule has 21 heavy (non-hydrogen) atoms. The maximum Gasteiger partial charge on any atom is 0.315 e. The molecule has 2 fully saturated rings. The Kier molecular flexibility index (Phi) is 4.95. The molecule has 0 unspecified atom stereocenters. The lowest BCUT2D eigenvalue weighted by Gasteiger charge is -2.32. The second kappa shape index (κ2) is 7.11. The Hall–Kier alpha value is -1.30. The summed E-state index contributed by atoms with van der Waals surface area (Å²) in [5.41, 5.74) is 0. The molecule has 0 bridgehead atoms. The van der Waals surface area contributed by atoms with Gasteiger partial charge in [-0.25, -0.2) is 9.78 Å². The minimum atomic E-state index is 0.0228. The zero-order valence-corrected chi connectivity index (χ0v) is 13.2. The Balaban J connectivity index is 1.39. The number of urea groups is 1. The van der Waals surface area contributed by atoms with Crippen molar-refractivity contribution >= 4 is 22.5 Å². The van der Waals surface area contributed by atoms with Crippen LogP contribution in [0.1, 0.15) is 44.9 Å². The van der Waals surface area contributed by atoms with Crippen molar-refractivity contribution in [3.05, 3.63) is 11.6 Å². The molecule has 5 nitrogen and oxygen atoms in total. The van der Waals surface area contributed by atoms with Gasteiger partial charge in [0.2, 0.25) is 0 Å². The van der Waals surface area contributed by atoms with E-state index in [9.17, 15) is 4.79 Å². The molecule has 0 spiro atoms. The van der Waals surface area contributed by atoms with E-state index in [0.717, 1.165) is 43.9 Å². The summed E-state index contributed by atoms with van der Waals surface area (Å²) >= 11 is 1.68. The number of amides is 2. The number of nitrogens with one attached hydrogen (secondary N) is 2. The molecule has 3 rings (SSSR count). The first kappa shape index (κ1) is 14.6. The molecule has 2 aliphatic rings. The fraction of sp³-hybridized carbons (Fsp3) is 0.733. The molecular formula is C15H24N4OS. The van der Waals surface area contributed by atoms with Gasteiger partial charge >= 0.3 is 6.03 Å². The number of carbonyl (C=O) groups excluding carboxylic acids is 1. The Morgan fingerprint density at radius 1 is 1.10 bits per heavy atom. The first-order chi connectivity index (χ1) is 10.3. The third-order valence-corrected chi connectivity index (χ3v) is 5.29. The van der Waals surface area contributed by atoms with Gasteiger partial charge in [0.05, 0.1) is 0 Å². The van der Waals surface area contributed by atoms with E-state index in [1.165, 1.54) is 19.3 Å². The summed E-state index contributed by atoms with van der Waals surface area (Å²) in [6.07, 6.45) is 9.92. The lowest BCUT2D eigenvalue weighted by Crippen LogP contribution is -2.50. The van der Waals surface area contributed by atoms with E-state index < -0.39 is 0 Å². The Bertz CT molecular complexity index is 437. The fourth-order valence-electron chi connectivity index (χ4n) is 3.25. The maximum absolute atomic E-state index is 12.0. The SMILES string of the molecule is O=C(NC1CCCCC1)NC1CCN(c2nccs2)CC1. The van der Waals surface area contributed by atoms with E-state index in [0.29, 0.717) is 12.1 Å². The van der Waals surface area contributed by atoms with E-state index in [-0.39, 0.29) is 6.03 Å². The van der Waals surface area contributed by atoms with E-state index in [1.807, 2.05) is 11.6 Å². The number of hydrogen-bond donors (Lipinski definition) is 2. The third-order valence-electron chi connectivity index (χ3n) is 4.46. The van der Waals surface area contributed by atoms with E-state index >= 15 is 0 Å². The second-order valence-electron chi connectivity index (χ2n) is 6.03. The van der Waals surface area contributed by atoms with E-state index in [2.05, 4.69) is 20.5 Å². The average molecular weight is 308 g/mol. The van der Waals surface area contributed by atoms with Crippen LogP contribution in [0.5, 0.6) is 0 Å². The number of thiazole rings is 1. The van der Waals surface area contributed by atoms with Gasteiger partial charge in [0.15, 0.2) is 5.13 Å². The number of hydrogen-bond acceptors (Lipinski definition) is 4. The van der Waals surface area contributed by atoms with Gasteiger partial charge in [0.25, 0.3) is 0 Å². The van der Waals surface area contributed by atoms with Gasteiger partial charge in [-0.05, 0) is 25.7 Å². The highest BCUT2D eigenvalue weighted by atomic mass is 32.1. The van der Waals surface area contributed by atoms with Crippen LogP contribution in [0.25, 0.3) is 0 Å². The van der Waals surface area contributed by atoms with Crippen molar-refractivity contribution in [2.45, 2.75) is 57.0 Å². The predicted octanol–water partition coefficient (Wildman–Crippen LogP) is 2.74. The van der Waals surface area contributed by atoms with Gasteiger partial charge in [0, 0.05) is 36.8 Å². The highest BCUT2D eigenvalue weighted by Gasteiger charge is 2.23. The van der Waals surface area contributed by atoms with Crippen LogP contribution in [0.2, 0.25) is 0 Å². The lowest BCUT2D eigenvalue weighted by molar-refractivity contribution is 0.226. The highest BCUT2D eigenvalue weighted by Crippen LogP contribution is 2.22. The molecule has 0 atom stereocenters. The standard InChI is InChI=1S/C15H24N4OS/c20-14(17-12-4-2-1-3-5-12)18-13-6-9-19(10-7-13)15-16-8-11-21-15/h8,11-13H,1-7,9-10H2,(H2,17,18,20). The molecule has 116 valence electrons. The normalized spacial score (nSPS) is 21.2. The van der Waals surface area contributed by atoms with Crippen LogP contribution in [0.4, 0.5) is 9.93 Å². The topological polar surface area (TPSA) is 57.3 Å². The van der Waals surface area contributed by atoms with Crippen LogP contribution >= 0.6 is 11.3 Å². The summed E-state index contributed by atoms with van der Waals surface area (Å²) in [6.45, 7) is 1.95. The minimum Gasteiger partial charge on any atom is -0.348 e. The van der Waals surface area contributed by atoms with Gasteiger partial charge in [-0.15, -0.1) is 11.3 Å². The third kappa shape index (κ3) is 4.09. The molecule has 1 saturated heterocycles. The number of piperidine rings is 1. The minimum absolute atomic E-state index is 0.0228. The molecule has 1 aromatic heterocycles. The van der Waals surface area contributed by atoms with Crippen molar-refractivity contribution in [2.75, 3.05) is 18.0 Å². The van der Waals surface area contributed by atoms with Gasteiger partial charge in [0.1, 0.15) is 0 Å². The van der Waals surface area contributed by atoms with Crippen molar-refractivity contribution in [3.8, 4) is 0 Å². The summed E-state index contributed by atoms with van der Waals surface area (Å²) in [5, 5.41) is 9.38. The van der Waals surface area contributed by atoms with Gasteiger partial charge < -0.3 is 15.5 Å². The van der Waals surface area contributed by atoms with Crippen LogP contribution in [-0.2, 0) is 0 Å². The van der Waals surface area contributed by atoms with Crippen LogP contribution < -0.4 is 15.5 Å². The van der Waals surface area contributed by atoms with Crippen LogP contribution in [0.15, 0.2) is 11.6 Å². The predicted molar refractivity (Wildman–Crippen MR) is 85.9 cm³/mol. The summed E-state index contributed by atoms with van der Waals surface area (Å²) in [4.78, 5) is 18.7. The Labute approximate surface area is 130 Å². The van der Waals surface area contributed by atoms with Gasteiger partial charge in [-0.2, -0.15) is 0 Å². The van der Waals surface area contributed by atoms with Gasteiger partial charge in [-0.1, -0.05) is 19.3 Å². The molecular weight excluding hydrogens is 284 g/mol. The van der Waals surface area contributed by atoms with E-state index in [4.69, 9.17) is 0 Å². The second-order valence-corrected chi connectivity index (χ2v) is 6.90. The first-order valence-corrected chi connectivity index (χ1v) is 8.91. The molecule has 1 aliphatic carbocycles. The monoisotopic (exact) mass is 308 g/mol. The Morgan fingerprint density at radius 3 is 2.38 bits per heavy atom. The molecule has 2 N–H and O–H groups in total. The van der Waals surface area contributed by atoms with E-state index in [1.54, 1.807) is 11.3 Å². The molecule has 1 aliphatic heterocycles. The number of rotatable bonds is 3. The molecule has 0 radical (unpaired) electrons. The quantitative estimate of drug-likeness (QED) is 0.903. The summed E-state index contributed by atoms with van der Waals surface area (Å²) in [5.74, 6) is 0. The number of nitrogens with zero attached hydrogens (tertiary/aromatic N) is 2. The largest absolute Gasteiger partial charge is 0.348 e. The fourth-order valence-corrected chi connectivity index (χ4v) is 3.94. The van der Waals surface area contributed by atoms with Crippen LogP contribution in [-0.4, -0.2) is 36.2 Å². The number of anilines is 1. The Morgan fingerprint density at radius 2 is 1.76 bits per heavy atom. The van der Waals surface area contributed by atoms with Crippen molar-refractivity contribution in [2.24, 2.45) is 0 Å². The summed E-state index contributed by atoms with van der Waals surface area (Å²) in [6, 6.07) is 0.702. The molecule has 2 amide bonds. The number of carbonyl (C=O) groups is 1. The van der Waals surface area contributed by atoms with Crippen molar-refractivity contribution in [1.29, 1.82) is 0 Å². The van der Waals surface area contributed by atoms with Crippen LogP contribution in [0.3, 0.4) is 0 Å². The van der Waals surface area contributed by atoms with Crippen molar-refractivity contribution in [1.82, 2.24) is 15.6 Å². The molecule has 0 aromatic carbocycles. The smallest absolute Gasteiger partial charge is 0.315 e. The molecule has 1 aromatic rings. The average Bonchev–Trinajstić information content (AvgIpc) is 3.03. The number of aromatic nitrogens is 1. The van der Waals surface area contributed by atoms with Gasteiger partial charge in [-0.3, -0.25) is 0 Å². The maximum atomic E-state index is 12.0. The first-order valence-electron chi connectivity index (χ1n) is 8.03. The highest BCUT2D eigenvalue weighted by molar-refractivity contribution is 7.13. The zero-order chi connectivity index (χ0) is 14.5. The van der Waals surface area contributed by atoms with Crippen molar-refractivity contribution < 1.29 is 4.79 Å². The summed E-state index contributed by atoms with van der Waals surface area (Å²) < 4.78 is 0. The molecule has 1 saturated carbocycles. The molecule has 2 heterocycles.